The molecule has 2 heteroatoms. The van der Waals surface area contributed by atoms with Crippen LogP contribution >= 0.6 is 11.6 Å². The zero-order valence-corrected chi connectivity index (χ0v) is 11.2. The number of hydrogen-bond acceptors (Lipinski definition) is 1. The smallest absolute Gasteiger partial charge is 0.127 e. The first kappa shape index (κ1) is 13.0. The fourth-order valence-electron chi connectivity index (χ4n) is 1.75. The summed E-state index contributed by atoms with van der Waals surface area (Å²) in [7, 11) is 0. The molecule has 0 N–H and O–H groups in total. The van der Waals surface area contributed by atoms with E-state index in [4.69, 9.17) is 16.3 Å². The SMILES string of the molecule is CC(Cl)CCc1cccc(Oc2ccccc2)c1. The van der Waals surface area contributed by atoms with E-state index in [1.807, 2.05) is 49.4 Å². The van der Waals surface area contributed by atoms with Crippen molar-refractivity contribution >= 4 is 11.6 Å². The molecule has 2 aromatic carbocycles. The van der Waals surface area contributed by atoms with E-state index in [1.54, 1.807) is 0 Å². The van der Waals surface area contributed by atoms with Gasteiger partial charge in [0.15, 0.2) is 0 Å². The van der Waals surface area contributed by atoms with Crippen molar-refractivity contribution in [2.75, 3.05) is 0 Å². The van der Waals surface area contributed by atoms with E-state index in [0.29, 0.717) is 0 Å². The van der Waals surface area contributed by atoms with Gasteiger partial charge in [-0.1, -0.05) is 30.3 Å². The lowest BCUT2D eigenvalue weighted by Gasteiger charge is -2.08. The van der Waals surface area contributed by atoms with Crippen LogP contribution in [0.1, 0.15) is 18.9 Å². The Bertz CT molecular complexity index is 479. The van der Waals surface area contributed by atoms with Crippen LogP contribution in [0.15, 0.2) is 54.6 Å². The number of aryl methyl sites for hydroxylation is 1. The van der Waals surface area contributed by atoms with E-state index in [9.17, 15) is 0 Å². The first-order valence-electron chi connectivity index (χ1n) is 6.20. The first-order valence-corrected chi connectivity index (χ1v) is 6.63. The highest BCUT2D eigenvalue weighted by Gasteiger charge is 2.01. The van der Waals surface area contributed by atoms with E-state index < -0.39 is 0 Å². The summed E-state index contributed by atoms with van der Waals surface area (Å²) < 4.78 is 5.79. The second kappa shape index (κ2) is 6.46. The predicted octanol–water partition coefficient (Wildman–Crippen LogP) is 5.04. The Labute approximate surface area is 113 Å². The summed E-state index contributed by atoms with van der Waals surface area (Å²) in [6, 6.07) is 18.0. The lowest BCUT2D eigenvalue weighted by Crippen LogP contribution is -1.95. The van der Waals surface area contributed by atoms with Gasteiger partial charge in [0.1, 0.15) is 11.5 Å². The van der Waals surface area contributed by atoms with Gasteiger partial charge in [-0.2, -0.15) is 0 Å². The van der Waals surface area contributed by atoms with Crippen LogP contribution in [0.5, 0.6) is 11.5 Å². The van der Waals surface area contributed by atoms with Crippen molar-refractivity contribution in [1.29, 1.82) is 0 Å². The third kappa shape index (κ3) is 4.08. The Morgan fingerprint density at radius 1 is 1.00 bits per heavy atom. The number of halogens is 1. The molecule has 0 fully saturated rings. The minimum atomic E-state index is 0.212. The maximum absolute atomic E-state index is 5.97. The van der Waals surface area contributed by atoms with Gasteiger partial charge in [0.05, 0.1) is 0 Å². The Morgan fingerprint density at radius 2 is 1.72 bits per heavy atom. The van der Waals surface area contributed by atoms with Gasteiger partial charge in [0.2, 0.25) is 0 Å². The van der Waals surface area contributed by atoms with E-state index in [1.165, 1.54) is 5.56 Å². The maximum Gasteiger partial charge on any atom is 0.127 e. The standard InChI is InChI=1S/C16H17ClO/c1-13(17)10-11-14-6-5-9-16(12-14)18-15-7-3-2-4-8-15/h2-9,12-13H,10-11H2,1H3. The largest absolute Gasteiger partial charge is 0.457 e. The van der Waals surface area contributed by atoms with Crippen LogP contribution in [0.2, 0.25) is 0 Å². The molecule has 94 valence electrons. The molecule has 1 atom stereocenters. The van der Waals surface area contributed by atoms with Crippen molar-refractivity contribution < 1.29 is 4.74 Å². The molecule has 0 radical (unpaired) electrons. The van der Waals surface area contributed by atoms with Gasteiger partial charge in [0.25, 0.3) is 0 Å². The van der Waals surface area contributed by atoms with Gasteiger partial charge in [-0.25, -0.2) is 0 Å². The fraction of sp³-hybridized carbons (Fsp3) is 0.250. The van der Waals surface area contributed by atoms with Crippen LogP contribution in [0, 0.1) is 0 Å². The highest BCUT2D eigenvalue weighted by Crippen LogP contribution is 2.22. The van der Waals surface area contributed by atoms with Crippen molar-refractivity contribution in [2.45, 2.75) is 25.1 Å². The summed E-state index contributed by atoms with van der Waals surface area (Å²) in [6.07, 6.45) is 1.97. The fourth-order valence-corrected chi connectivity index (χ4v) is 1.86. The molecule has 0 aliphatic rings. The van der Waals surface area contributed by atoms with Crippen LogP contribution < -0.4 is 4.74 Å². The lowest BCUT2D eigenvalue weighted by atomic mass is 10.1. The summed E-state index contributed by atoms with van der Waals surface area (Å²) in [5.41, 5.74) is 1.26. The van der Waals surface area contributed by atoms with Crippen LogP contribution in [0.25, 0.3) is 0 Å². The van der Waals surface area contributed by atoms with Crippen molar-refractivity contribution in [3.63, 3.8) is 0 Å². The minimum absolute atomic E-state index is 0.212. The number of ether oxygens (including phenoxy) is 1. The second-order valence-corrected chi connectivity index (χ2v) is 5.13. The summed E-state index contributed by atoms with van der Waals surface area (Å²) in [5, 5.41) is 0.212. The van der Waals surface area contributed by atoms with Crippen LogP contribution in [0.4, 0.5) is 0 Å². The second-order valence-electron chi connectivity index (χ2n) is 4.38. The Hall–Kier alpha value is -1.47. The molecule has 2 aromatic rings. The molecule has 0 aromatic heterocycles. The predicted molar refractivity (Wildman–Crippen MR) is 76.6 cm³/mol. The Kier molecular flexibility index (Phi) is 4.66. The van der Waals surface area contributed by atoms with Gasteiger partial charge in [-0.05, 0) is 49.6 Å². The molecule has 0 aliphatic heterocycles. The topological polar surface area (TPSA) is 9.23 Å². The zero-order valence-electron chi connectivity index (χ0n) is 10.5. The molecule has 1 nitrogen and oxygen atoms in total. The molecule has 1 unspecified atom stereocenters. The summed E-state index contributed by atoms with van der Waals surface area (Å²) >= 11 is 5.97. The first-order chi connectivity index (χ1) is 8.74. The van der Waals surface area contributed by atoms with Crippen LogP contribution in [-0.4, -0.2) is 5.38 Å². The number of alkyl halides is 1. The van der Waals surface area contributed by atoms with E-state index >= 15 is 0 Å². The van der Waals surface area contributed by atoms with Gasteiger partial charge in [-0.15, -0.1) is 11.6 Å². The summed E-state index contributed by atoms with van der Waals surface area (Å²) in [5.74, 6) is 1.74. The molecule has 0 aliphatic carbocycles. The Balaban J connectivity index is 2.03. The van der Waals surface area contributed by atoms with Crippen molar-refractivity contribution in [1.82, 2.24) is 0 Å². The molecule has 0 spiro atoms. The third-order valence-corrected chi connectivity index (χ3v) is 2.93. The number of hydrogen-bond donors (Lipinski definition) is 0. The van der Waals surface area contributed by atoms with Gasteiger partial charge >= 0.3 is 0 Å². The molecular weight excluding hydrogens is 244 g/mol. The third-order valence-electron chi connectivity index (χ3n) is 2.71. The molecular formula is C16H17ClO. The van der Waals surface area contributed by atoms with E-state index in [2.05, 4.69) is 12.1 Å². The van der Waals surface area contributed by atoms with Gasteiger partial charge in [0, 0.05) is 5.38 Å². The molecule has 0 heterocycles. The quantitative estimate of drug-likeness (QED) is 0.685. The highest BCUT2D eigenvalue weighted by atomic mass is 35.5. The minimum Gasteiger partial charge on any atom is -0.457 e. The van der Waals surface area contributed by atoms with Crippen molar-refractivity contribution in [3.05, 3.63) is 60.2 Å². The average Bonchev–Trinajstić information content (AvgIpc) is 2.38. The monoisotopic (exact) mass is 260 g/mol. The Morgan fingerprint density at radius 3 is 2.44 bits per heavy atom. The van der Waals surface area contributed by atoms with Crippen molar-refractivity contribution in [3.8, 4) is 11.5 Å². The van der Waals surface area contributed by atoms with Gasteiger partial charge in [-0.3, -0.25) is 0 Å². The molecule has 0 saturated heterocycles. The molecule has 0 amide bonds. The normalized spacial score (nSPS) is 12.1. The summed E-state index contributed by atoms with van der Waals surface area (Å²) in [4.78, 5) is 0. The summed E-state index contributed by atoms with van der Waals surface area (Å²) in [6.45, 7) is 2.02. The molecule has 0 bridgehead atoms. The van der Waals surface area contributed by atoms with E-state index in [-0.39, 0.29) is 5.38 Å². The molecule has 2 rings (SSSR count). The number of para-hydroxylation sites is 1. The van der Waals surface area contributed by atoms with Crippen LogP contribution in [-0.2, 0) is 6.42 Å². The zero-order chi connectivity index (χ0) is 12.8. The van der Waals surface area contributed by atoms with Crippen molar-refractivity contribution in [2.24, 2.45) is 0 Å². The maximum atomic E-state index is 5.97. The average molecular weight is 261 g/mol. The number of rotatable bonds is 5. The highest BCUT2D eigenvalue weighted by molar-refractivity contribution is 6.20. The van der Waals surface area contributed by atoms with Crippen LogP contribution in [0.3, 0.4) is 0 Å². The molecule has 18 heavy (non-hydrogen) atoms. The van der Waals surface area contributed by atoms with E-state index in [0.717, 1.165) is 24.3 Å². The lowest BCUT2D eigenvalue weighted by molar-refractivity contribution is 0.482. The van der Waals surface area contributed by atoms with Gasteiger partial charge < -0.3 is 4.74 Å². The molecule has 0 saturated carbocycles. The number of benzene rings is 2.